The van der Waals surface area contributed by atoms with Crippen molar-refractivity contribution in [2.45, 2.75) is 12.5 Å². The predicted octanol–water partition coefficient (Wildman–Crippen LogP) is 1.25. The SMILES string of the molecule is COC(CN)Cc1nc(-c2ccccc2)no1. The summed E-state index contributed by atoms with van der Waals surface area (Å²) in [4.78, 5) is 4.30. The zero-order valence-corrected chi connectivity index (χ0v) is 9.67. The number of aromatic nitrogens is 2. The Hall–Kier alpha value is -1.72. The van der Waals surface area contributed by atoms with Gasteiger partial charge in [0.05, 0.1) is 12.5 Å². The summed E-state index contributed by atoms with van der Waals surface area (Å²) in [6, 6.07) is 9.68. The van der Waals surface area contributed by atoms with E-state index in [-0.39, 0.29) is 6.10 Å². The Kier molecular flexibility index (Phi) is 3.85. The van der Waals surface area contributed by atoms with Crippen LogP contribution < -0.4 is 5.73 Å². The first kappa shape index (κ1) is 11.8. The number of rotatable bonds is 5. The summed E-state index contributed by atoms with van der Waals surface area (Å²) >= 11 is 0. The zero-order chi connectivity index (χ0) is 12.1. The molecule has 5 heteroatoms. The fourth-order valence-corrected chi connectivity index (χ4v) is 1.50. The summed E-state index contributed by atoms with van der Waals surface area (Å²) in [7, 11) is 1.62. The first-order valence-corrected chi connectivity index (χ1v) is 5.44. The molecule has 0 amide bonds. The van der Waals surface area contributed by atoms with E-state index in [1.165, 1.54) is 0 Å². The maximum atomic E-state index is 5.53. The van der Waals surface area contributed by atoms with Crippen molar-refractivity contribution in [3.8, 4) is 11.4 Å². The van der Waals surface area contributed by atoms with Gasteiger partial charge in [-0.15, -0.1) is 0 Å². The van der Waals surface area contributed by atoms with Crippen molar-refractivity contribution in [3.63, 3.8) is 0 Å². The first-order valence-electron chi connectivity index (χ1n) is 5.44. The fourth-order valence-electron chi connectivity index (χ4n) is 1.50. The van der Waals surface area contributed by atoms with Gasteiger partial charge in [-0.2, -0.15) is 4.98 Å². The molecular formula is C12H15N3O2. The summed E-state index contributed by atoms with van der Waals surface area (Å²) in [5, 5.41) is 3.93. The molecule has 2 aromatic rings. The van der Waals surface area contributed by atoms with Gasteiger partial charge in [0, 0.05) is 19.2 Å². The monoisotopic (exact) mass is 233 g/mol. The maximum Gasteiger partial charge on any atom is 0.229 e. The van der Waals surface area contributed by atoms with E-state index in [0.29, 0.717) is 24.7 Å². The van der Waals surface area contributed by atoms with Crippen LogP contribution >= 0.6 is 0 Å². The Morgan fingerprint density at radius 1 is 1.35 bits per heavy atom. The van der Waals surface area contributed by atoms with Crippen LogP contribution in [-0.2, 0) is 11.2 Å². The van der Waals surface area contributed by atoms with Crippen LogP contribution in [0.3, 0.4) is 0 Å². The van der Waals surface area contributed by atoms with E-state index in [4.69, 9.17) is 15.0 Å². The lowest BCUT2D eigenvalue weighted by Gasteiger charge is -2.08. The van der Waals surface area contributed by atoms with Crippen LogP contribution in [-0.4, -0.2) is 29.9 Å². The molecule has 0 spiro atoms. The molecule has 1 aromatic carbocycles. The third-order valence-electron chi connectivity index (χ3n) is 2.50. The van der Waals surface area contributed by atoms with Crippen molar-refractivity contribution < 1.29 is 9.26 Å². The van der Waals surface area contributed by atoms with Gasteiger partial charge in [-0.3, -0.25) is 0 Å². The van der Waals surface area contributed by atoms with Crippen molar-refractivity contribution in [2.75, 3.05) is 13.7 Å². The molecule has 0 radical (unpaired) electrons. The van der Waals surface area contributed by atoms with Crippen LogP contribution in [0.25, 0.3) is 11.4 Å². The zero-order valence-electron chi connectivity index (χ0n) is 9.67. The second kappa shape index (κ2) is 5.56. The van der Waals surface area contributed by atoms with Gasteiger partial charge in [-0.25, -0.2) is 0 Å². The van der Waals surface area contributed by atoms with Gasteiger partial charge in [0.1, 0.15) is 0 Å². The summed E-state index contributed by atoms with van der Waals surface area (Å²) < 4.78 is 10.3. The Balaban J connectivity index is 2.11. The van der Waals surface area contributed by atoms with Crippen LogP contribution in [0.2, 0.25) is 0 Å². The minimum absolute atomic E-state index is 0.0842. The second-order valence-corrected chi connectivity index (χ2v) is 3.68. The van der Waals surface area contributed by atoms with E-state index >= 15 is 0 Å². The molecule has 1 heterocycles. The third-order valence-corrected chi connectivity index (χ3v) is 2.50. The number of hydrogen-bond donors (Lipinski definition) is 1. The van der Waals surface area contributed by atoms with Crippen molar-refractivity contribution >= 4 is 0 Å². The number of ether oxygens (including phenoxy) is 1. The van der Waals surface area contributed by atoms with Crippen molar-refractivity contribution in [2.24, 2.45) is 5.73 Å². The molecule has 1 unspecified atom stereocenters. The van der Waals surface area contributed by atoms with Gasteiger partial charge in [-0.1, -0.05) is 35.5 Å². The molecule has 5 nitrogen and oxygen atoms in total. The highest BCUT2D eigenvalue weighted by Crippen LogP contribution is 2.15. The largest absolute Gasteiger partial charge is 0.380 e. The standard InChI is InChI=1S/C12H15N3O2/c1-16-10(8-13)7-11-14-12(15-17-11)9-5-3-2-4-6-9/h2-6,10H,7-8,13H2,1H3. The van der Waals surface area contributed by atoms with Crippen LogP contribution in [0.5, 0.6) is 0 Å². The highest BCUT2D eigenvalue weighted by molar-refractivity contribution is 5.53. The summed E-state index contributed by atoms with van der Waals surface area (Å²) in [6.45, 7) is 0.430. The van der Waals surface area contributed by atoms with Gasteiger partial charge in [0.2, 0.25) is 11.7 Å². The Bertz CT molecular complexity index is 452. The van der Waals surface area contributed by atoms with Gasteiger partial charge in [-0.05, 0) is 0 Å². The lowest BCUT2D eigenvalue weighted by molar-refractivity contribution is 0.102. The van der Waals surface area contributed by atoms with Gasteiger partial charge < -0.3 is 15.0 Å². The topological polar surface area (TPSA) is 74.2 Å². The molecule has 17 heavy (non-hydrogen) atoms. The molecule has 1 aromatic heterocycles. The number of hydrogen-bond acceptors (Lipinski definition) is 5. The van der Waals surface area contributed by atoms with Crippen molar-refractivity contribution in [1.29, 1.82) is 0 Å². The maximum absolute atomic E-state index is 5.53. The van der Waals surface area contributed by atoms with Crippen LogP contribution in [0.4, 0.5) is 0 Å². The van der Waals surface area contributed by atoms with Crippen molar-refractivity contribution in [1.82, 2.24) is 10.1 Å². The smallest absolute Gasteiger partial charge is 0.229 e. The third kappa shape index (κ3) is 2.89. The molecule has 0 saturated carbocycles. The molecular weight excluding hydrogens is 218 g/mol. The summed E-state index contributed by atoms with van der Waals surface area (Å²) in [6.07, 6.45) is 0.450. The lowest BCUT2D eigenvalue weighted by Crippen LogP contribution is -2.24. The average molecular weight is 233 g/mol. The fraction of sp³-hybridized carbons (Fsp3) is 0.333. The van der Waals surface area contributed by atoms with E-state index in [9.17, 15) is 0 Å². The molecule has 0 fully saturated rings. The molecule has 0 aliphatic heterocycles. The number of methoxy groups -OCH3 is 1. The van der Waals surface area contributed by atoms with Gasteiger partial charge in [0.15, 0.2) is 0 Å². The van der Waals surface area contributed by atoms with E-state index in [2.05, 4.69) is 10.1 Å². The number of nitrogens with two attached hydrogens (primary N) is 1. The highest BCUT2D eigenvalue weighted by Gasteiger charge is 2.13. The van der Waals surface area contributed by atoms with Crippen LogP contribution in [0, 0.1) is 0 Å². The quantitative estimate of drug-likeness (QED) is 0.841. The molecule has 0 aliphatic rings. The molecule has 0 aliphatic carbocycles. The Morgan fingerprint density at radius 2 is 2.12 bits per heavy atom. The normalized spacial score (nSPS) is 12.6. The van der Waals surface area contributed by atoms with Gasteiger partial charge >= 0.3 is 0 Å². The van der Waals surface area contributed by atoms with E-state index in [1.54, 1.807) is 7.11 Å². The molecule has 1 atom stereocenters. The highest BCUT2D eigenvalue weighted by atomic mass is 16.5. The minimum atomic E-state index is -0.0842. The molecule has 0 saturated heterocycles. The Morgan fingerprint density at radius 3 is 2.76 bits per heavy atom. The van der Waals surface area contributed by atoms with Gasteiger partial charge in [0.25, 0.3) is 0 Å². The summed E-state index contributed by atoms with van der Waals surface area (Å²) in [5.41, 5.74) is 6.47. The number of benzene rings is 1. The predicted molar refractivity (Wildman–Crippen MR) is 63.3 cm³/mol. The summed E-state index contributed by atoms with van der Waals surface area (Å²) in [5.74, 6) is 1.13. The second-order valence-electron chi connectivity index (χ2n) is 3.68. The minimum Gasteiger partial charge on any atom is -0.380 e. The van der Waals surface area contributed by atoms with E-state index < -0.39 is 0 Å². The first-order chi connectivity index (χ1) is 8.33. The van der Waals surface area contributed by atoms with Crippen LogP contribution in [0.1, 0.15) is 5.89 Å². The number of nitrogens with zero attached hydrogens (tertiary/aromatic N) is 2. The van der Waals surface area contributed by atoms with E-state index in [0.717, 1.165) is 5.56 Å². The molecule has 0 bridgehead atoms. The molecule has 2 rings (SSSR count). The lowest BCUT2D eigenvalue weighted by atomic mass is 10.2. The molecule has 90 valence electrons. The van der Waals surface area contributed by atoms with Crippen molar-refractivity contribution in [3.05, 3.63) is 36.2 Å². The van der Waals surface area contributed by atoms with E-state index in [1.807, 2.05) is 30.3 Å². The molecule has 2 N–H and O–H groups in total. The average Bonchev–Trinajstić information content (AvgIpc) is 2.85. The van der Waals surface area contributed by atoms with Crippen LogP contribution in [0.15, 0.2) is 34.9 Å². The Labute approximate surface area is 99.6 Å².